The van der Waals surface area contributed by atoms with Gasteiger partial charge in [-0.3, -0.25) is 4.79 Å². The smallest absolute Gasteiger partial charge is 0.243 e. The standard InChI is InChI=1S/C22H30N4O3/c1-4-12-29-20-13-16(3)6-7-17(20)14-24-22(23-5-2)25-15-21(28)26-18-8-10-19(27)11-9-18/h6-11,13,27H,4-5,12,14-15H2,1-3H3,(H,26,28)(H2,23,24,25). The van der Waals surface area contributed by atoms with Crippen LogP contribution in [-0.4, -0.2) is 36.7 Å². The number of anilines is 1. The van der Waals surface area contributed by atoms with Gasteiger partial charge in [-0.05, 0) is 56.2 Å². The third kappa shape index (κ3) is 7.73. The molecule has 0 saturated heterocycles. The molecule has 0 fully saturated rings. The minimum atomic E-state index is -0.205. The zero-order chi connectivity index (χ0) is 21.1. The van der Waals surface area contributed by atoms with Crippen LogP contribution in [0.4, 0.5) is 5.69 Å². The fourth-order valence-corrected chi connectivity index (χ4v) is 2.56. The molecular formula is C22H30N4O3. The van der Waals surface area contributed by atoms with Gasteiger partial charge in [0, 0.05) is 17.8 Å². The van der Waals surface area contributed by atoms with Crippen LogP contribution in [0.15, 0.2) is 47.5 Å². The number of nitrogens with zero attached hydrogens (tertiary/aromatic N) is 1. The molecule has 2 rings (SSSR count). The lowest BCUT2D eigenvalue weighted by Crippen LogP contribution is -2.41. The predicted octanol–water partition coefficient (Wildman–Crippen LogP) is 3.18. The molecule has 0 radical (unpaired) electrons. The maximum Gasteiger partial charge on any atom is 0.243 e. The van der Waals surface area contributed by atoms with E-state index in [1.165, 1.54) is 12.1 Å². The maximum absolute atomic E-state index is 12.2. The van der Waals surface area contributed by atoms with Gasteiger partial charge in [0.25, 0.3) is 0 Å². The van der Waals surface area contributed by atoms with E-state index in [-0.39, 0.29) is 18.2 Å². The number of ether oxygens (including phenoxy) is 1. The topological polar surface area (TPSA) is 95.0 Å². The number of guanidine groups is 1. The number of carbonyl (C=O) groups is 1. The van der Waals surface area contributed by atoms with E-state index in [2.05, 4.69) is 27.9 Å². The molecule has 1 amide bonds. The lowest BCUT2D eigenvalue weighted by Gasteiger charge is -2.13. The van der Waals surface area contributed by atoms with Crippen molar-refractivity contribution in [1.29, 1.82) is 0 Å². The summed E-state index contributed by atoms with van der Waals surface area (Å²) in [5.41, 5.74) is 2.75. The molecule has 2 aromatic rings. The molecule has 0 aliphatic carbocycles. The van der Waals surface area contributed by atoms with E-state index in [0.29, 0.717) is 31.3 Å². The van der Waals surface area contributed by atoms with Crippen LogP contribution in [0.2, 0.25) is 0 Å². The van der Waals surface area contributed by atoms with Gasteiger partial charge in [0.2, 0.25) is 5.91 Å². The van der Waals surface area contributed by atoms with Crippen molar-refractivity contribution in [2.45, 2.75) is 33.7 Å². The molecule has 156 valence electrons. The van der Waals surface area contributed by atoms with Crippen molar-refractivity contribution in [3.8, 4) is 11.5 Å². The molecule has 4 N–H and O–H groups in total. The second-order valence-electron chi connectivity index (χ2n) is 6.60. The number of nitrogens with one attached hydrogen (secondary N) is 3. The van der Waals surface area contributed by atoms with E-state index in [1.54, 1.807) is 12.1 Å². The first-order valence-electron chi connectivity index (χ1n) is 9.85. The van der Waals surface area contributed by atoms with Crippen molar-refractivity contribution in [3.05, 3.63) is 53.6 Å². The fourth-order valence-electron chi connectivity index (χ4n) is 2.56. The molecule has 0 atom stereocenters. The second kappa shape index (κ2) is 11.6. The quantitative estimate of drug-likeness (QED) is 0.296. The highest BCUT2D eigenvalue weighted by Gasteiger charge is 2.07. The van der Waals surface area contributed by atoms with Crippen molar-refractivity contribution in [2.75, 3.05) is 25.0 Å². The minimum absolute atomic E-state index is 0.0692. The normalized spacial score (nSPS) is 11.1. The highest BCUT2D eigenvalue weighted by atomic mass is 16.5. The van der Waals surface area contributed by atoms with Crippen molar-refractivity contribution in [1.82, 2.24) is 10.6 Å². The average Bonchev–Trinajstić information content (AvgIpc) is 2.71. The zero-order valence-electron chi connectivity index (χ0n) is 17.3. The molecule has 0 unspecified atom stereocenters. The molecule has 0 heterocycles. The molecule has 0 aliphatic rings. The molecule has 0 aliphatic heterocycles. The Kier molecular flexibility index (Phi) is 8.82. The van der Waals surface area contributed by atoms with Gasteiger partial charge >= 0.3 is 0 Å². The third-order valence-electron chi connectivity index (χ3n) is 4.00. The van der Waals surface area contributed by atoms with Crippen molar-refractivity contribution < 1.29 is 14.6 Å². The molecule has 0 spiro atoms. The van der Waals surface area contributed by atoms with Gasteiger partial charge in [-0.25, -0.2) is 4.99 Å². The van der Waals surface area contributed by atoms with Crippen LogP contribution in [-0.2, 0) is 11.3 Å². The van der Waals surface area contributed by atoms with E-state index in [4.69, 9.17) is 4.74 Å². The Bertz CT molecular complexity index is 819. The summed E-state index contributed by atoms with van der Waals surface area (Å²) < 4.78 is 5.84. The number of aryl methyl sites for hydroxylation is 1. The Hall–Kier alpha value is -3.22. The summed E-state index contributed by atoms with van der Waals surface area (Å²) in [4.78, 5) is 16.7. The molecule has 7 heteroatoms. The van der Waals surface area contributed by atoms with Crippen LogP contribution >= 0.6 is 0 Å². The third-order valence-corrected chi connectivity index (χ3v) is 4.00. The fraction of sp³-hybridized carbons (Fsp3) is 0.364. The van der Waals surface area contributed by atoms with E-state index in [9.17, 15) is 9.90 Å². The first-order chi connectivity index (χ1) is 14.0. The summed E-state index contributed by atoms with van der Waals surface area (Å²) in [6.07, 6.45) is 0.941. The minimum Gasteiger partial charge on any atom is -0.508 e. The number of hydrogen-bond acceptors (Lipinski definition) is 4. The Morgan fingerprint density at radius 1 is 1.10 bits per heavy atom. The van der Waals surface area contributed by atoms with Crippen molar-refractivity contribution in [3.63, 3.8) is 0 Å². The molecule has 2 aromatic carbocycles. The number of phenols is 1. The molecule has 29 heavy (non-hydrogen) atoms. The Morgan fingerprint density at radius 3 is 2.55 bits per heavy atom. The van der Waals surface area contributed by atoms with Crippen LogP contribution in [0, 0.1) is 6.92 Å². The van der Waals surface area contributed by atoms with E-state index >= 15 is 0 Å². The summed E-state index contributed by atoms with van der Waals surface area (Å²) in [5.74, 6) is 1.34. The first kappa shape index (κ1) is 22.1. The van der Waals surface area contributed by atoms with E-state index < -0.39 is 0 Å². The molecular weight excluding hydrogens is 368 g/mol. The van der Waals surface area contributed by atoms with Gasteiger partial charge in [-0.15, -0.1) is 0 Å². The molecule has 0 aromatic heterocycles. The lowest BCUT2D eigenvalue weighted by molar-refractivity contribution is -0.115. The highest BCUT2D eigenvalue weighted by Crippen LogP contribution is 2.21. The summed E-state index contributed by atoms with van der Waals surface area (Å²) >= 11 is 0. The summed E-state index contributed by atoms with van der Waals surface area (Å²) in [6, 6.07) is 12.4. The average molecular weight is 399 g/mol. The number of carbonyl (C=O) groups excluding carboxylic acids is 1. The molecule has 7 nitrogen and oxygen atoms in total. The largest absolute Gasteiger partial charge is 0.508 e. The predicted molar refractivity (Wildman–Crippen MR) is 117 cm³/mol. The summed E-state index contributed by atoms with van der Waals surface area (Å²) in [5, 5.41) is 18.2. The van der Waals surface area contributed by atoms with Crippen LogP contribution in [0.3, 0.4) is 0 Å². The maximum atomic E-state index is 12.2. The number of rotatable bonds is 9. The monoisotopic (exact) mass is 398 g/mol. The number of hydrogen-bond donors (Lipinski definition) is 4. The van der Waals surface area contributed by atoms with Crippen LogP contribution < -0.4 is 20.7 Å². The van der Waals surface area contributed by atoms with Crippen molar-refractivity contribution >= 4 is 17.6 Å². The molecule has 0 bridgehead atoms. The van der Waals surface area contributed by atoms with Crippen LogP contribution in [0.25, 0.3) is 0 Å². The SMILES string of the molecule is CCCOc1cc(C)ccc1CN=C(NCC)NCC(=O)Nc1ccc(O)cc1. The van der Waals surface area contributed by atoms with Gasteiger partial charge in [0.1, 0.15) is 11.5 Å². The molecule has 0 saturated carbocycles. The lowest BCUT2D eigenvalue weighted by atomic mass is 10.1. The summed E-state index contributed by atoms with van der Waals surface area (Å²) in [6.45, 7) is 7.92. The number of phenolic OH excluding ortho intramolecular Hbond substituents is 1. The Morgan fingerprint density at radius 2 is 1.86 bits per heavy atom. The second-order valence-corrected chi connectivity index (χ2v) is 6.60. The number of amides is 1. The first-order valence-corrected chi connectivity index (χ1v) is 9.85. The number of aromatic hydroxyl groups is 1. The van der Waals surface area contributed by atoms with Gasteiger partial charge in [0.15, 0.2) is 5.96 Å². The Balaban J connectivity index is 1.97. The Labute approximate surface area is 172 Å². The van der Waals surface area contributed by atoms with Gasteiger partial charge in [0.05, 0.1) is 19.7 Å². The van der Waals surface area contributed by atoms with E-state index in [0.717, 1.165) is 23.3 Å². The van der Waals surface area contributed by atoms with Gasteiger partial charge in [-0.2, -0.15) is 0 Å². The van der Waals surface area contributed by atoms with Gasteiger partial charge < -0.3 is 25.8 Å². The highest BCUT2D eigenvalue weighted by molar-refractivity contribution is 5.95. The van der Waals surface area contributed by atoms with Crippen molar-refractivity contribution in [2.24, 2.45) is 4.99 Å². The van der Waals surface area contributed by atoms with E-state index in [1.807, 2.05) is 32.0 Å². The van der Waals surface area contributed by atoms with Crippen LogP contribution in [0.1, 0.15) is 31.4 Å². The summed E-state index contributed by atoms with van der Waals surface area (Å²) in [7, 11) is 0. The van der Waals surface area contributed by atoms with Crippen LogP contribution in [0.5, 0.6) is 11.5 Å². The number of benzene rings is 2. The number of aliphatic imine (C=N–C) groups is 1. The zero-order valence-corrected chi connectivity index (χ0v) is 17.3. The van der Waals surface area contributed by atoms with Gasteiger partial charge in [-0.1, -0.05) is 19.1 Å².